The zero-order chi connectivity index (χ0) is 20.9. The predicted molar refractivity (Wildman–Crippen MR) is 109 cm³/mol. The molecule has 1 fully saturated rings. The Bertz CT molecular complexity index is 1050. The highest BCUT2D eigenvalue weighted by molar-refractivity contribution is 5.73. The lowest BCUT2D eigenvalue weighted by Gasteiger charge is -2.36. The molecule has 8 nitrogen and oxygen atoms in total. The van der Waals surface area contributed by atoms with Crippen LogP contribution in [0.3, 0.4) is 0 Å². The van der Waals surface area contributed by atoms with Gasteiger partial charge >= 0.3 is 5.97 Å². The average Bonchev–Trinajstić information content (AvgIpc) is 3.18. The van der Waals surface area contributed by atoms with Crippen molar-refractivity contribution in [2.45, 2.75) is 31.8 Å². The molecule has 1 aliphatic heterocycles. The molecule has 156 valence electrons. The number of benzene rings is 2. The summed E-state index contributed by atoms with van der Waals surface area (Å²) < 4.78 is 13.8. The van der Waals surface area contributed by atoms with Gasteiger partial charge in [0.2, 0.25) is 0 Å². The molecule has 2 aromatic carbocycles. The summed E-state index contributed by atoms with van der Waals surface area (Å²) in [5, 5.41) is 27.5. The van der Waals surface area contributed by atoms with Gasteiger partial charge in [0.25, 0.3) is 6.41 Å². The lowest BCUT2D eigenvalue weighted by Crippen LogP contribution is -2.33. The summed E-state index contributed by atoms with van der Waals surface area (Å²) in [6.45, 7) is 0.390. The Balaban J connectivity index is 1.55. The maximum Gasteiger partial charge on any atom is 0.303 e. The van der Waals surface area contributed by atoms with Gasteiger partial charge in [0.15, 0.2) is 0 Å². The van der Waals surface area contributed by atoms with Crippen LogP contribution in [0.2, 0.25) is 0 Å². The third-order valence-electron chi connectivity index (χ3n) is 5.09. The molecule has 0 amide bonds. The van der Waals surface area contributed by atoms with Gasteiger partial charge in [-0.3, -0.25) is 4.79 Å². The third-order valence-corrected chi connectivity index (χ3v) is 5.09. The number of phenolic OH excluding ortho intramolecular Hbond substituents is 1. The van der Waals surface area contributed by atoms with Crippen LogP contribution < -0.4 is 0 Å². The van der Waals surface area contributed by atoms with Gasteiger partial charge in [-0.25, -0.2) is 0 Å². The molecule has 4 rings (SSSR count). The summed E-state index contributed by atoms with van der Waals surface area (Å²) in [7, 11) is 0. The molecule has 1 aliphatic rings. The lowest BCUT2D eigenvalue weighted by atomic mass is 9.91. The molecular formula is C22H23N3O5. The van der Waals surface area contributed by atoms with Gasteiger partial charge in [-0.05, 0) is 31.0 Å². The molecule has 0 spiro atoms. The highest BCUT2D eigenvalue weighted by atomic mass is 16.7. The van der Waals surface area contributed by atoms with Gasteiger partial charge in [0.1, 0.15) is 11.3 Å². The van der Waals surface area contributed by atoms with Crippen LogP contribution in [0.15, 0.2) is 60.7 Å². The summed E-state index contributed by atoms with van der Waals surface area (Å²) in [4.78, 5) is 10.7. The molecular weight excluding hydrogens is 386 g/mol. The number of hydrogen-bond acceptors (Lipinski definition) is 6. The van der Waals surface area contributed by atoms with Crippen molar-refractivity contribution in [1.82, 2.24) is 15.0 Å². The summed E-state index contributed by atoms with van der Waals surface area (Å²) >= 11 is 0. The van der Waals surface area contributed by atoms with Crippen molar-refractivity contribution in [3.05, 3.63) is 66.2 Å². The summed E-state index contributed by atoms with van der Waals surface area (Å²) in [5.74, 6) is -0.712. The minimum Gasteiger partial charge on any atom is -0.508 e. The van der Waals surface area contributed by atoms with Crippen molar-refractivity contribution in [2.75, 3.05) is 6.61 Å². The zero-order valence-electron chi connectivity index (χ0n) is 16.3. The first-order valence-corrected chi connectivity index (χ1v) is 9.85. The van der Waals surface area contributed by atoms with Crippen LogP contribution in [-0.4, -0.2) is 37.8 Å². The molecule has 1 unspecified atom stereocenters. The van der Waals surface area contributed by atoms with Gasteiger partial charge < -0.3 is 19.7 Å². The van der Waals surface area contributed by atoms with E-state index in [-0.39, 0.29) is 18.1 Å². The molecule has 0 bridgehead atoms. The largest absolute Gasteiger partial charge is 0.508 e. The molecule has 0 radical (unpaired) electrons. The number of carboxylic acids is 1. The Morgan fingerprint density at radius 1 is 1.17 bits per heavy atom. The number of phenols is 1. The van der Waals surface area contributed by atoms with Crippen LogP contribution in [0.1, 0.15) is 37.3 Å². The van der Waals surface area contributed by atoms with Crippen LogP contribution >= 0.6 is 0 Å². The van der Waals surface area contributed by atoms with E-state index in [1.807, 2.05) is 48.6 Å². The van der Waals surface area contributed by atoms with E-state index in [1.54, 1.807) is 16.8 Å². The van der Waals surface area contributed by atoms with E-state index in [0.717, 1.165) is 11.0 Å². The van der Waals surface area contributed by atoms with E-state index in [4.69, 9.17) is 14.6 Å². The summed E-state index contributed by atoms with van der Waals surface area (Å²) in [6.07, 6.45) is 3.80. The minimum atomic E-state index is -0.820. The first-order valence-electron chi connectivity index (χ1n) is 9.85. The maximum absolute atomic E-state index is 10.7. The molecule has 3 aromatic rings. The smallest absolute Gasteiger partial charge is 0.303 e. The Labute approximate surface area is 173 Å². The number of aromatic nitrogens is 3. The second kappa shape index (κ2) is 9.06. The Morgan fingerprint density at radius 3 is 2.80 bits per heavy atom. The molecule has 0 aliphatic carbocycles. The van der Waals surface area contributed by atoms with Crippen molar-refractivity contribution in [2.24, 2.45) is 5.92 Å². The fraction of sp³-hybridized carbons (Fsp3) is 0.318. The Hall–Kier alpha value is -3.23. The number of fused-ring (bicyclic) bond motifs is 1. The van der Waals surface area contributed by atoms with Gasteiger partial charge in [-0.15, -0.1) is 5.10 Å². The van der Waals surface area contributed by atoms with E-state index in [1.165, 1.54) is 0 Å². The number of allylic oxidation sites excluding steroid dienone is 2. The maximum atomic E-state index is 10.7. The number of rotatable bonds is 7. The number of aliphatic carboxylic acids is 1. The zero-order valence-corrected chi connectivity index (χ0v) is 16.3. The first kappa shape index (κ1) is 20.1. The van der Waals surface area contributed by atoms with E-state index >= 15 is 0 Å². The van der Waals surface area contributed by atoms with Crippen molar-refractivity contribution in [3.63, 3.8) is 0 Å². The number of nitrogens with zero attached hydrogens (tertiary/aromatic N) is 3. The SMILES string of the molecule is O=C(O)CCC=CC[C@@H]1COC(n2nnc3ccccc32)O[C@@H]1c1ccccc1O. The standard InChI is InChI=1S/C22H23N3O5/c26-19-12-7-4-9-16(19)21-15(8-2-1-3-13-20(27)28)14-29-22(30-21)25-18-11-6-5-10-17(18)23-24-25/h1-2,4-7,9-12,15,21-22,26H,3,8,13-14H2,(H,27,28)/t15-,21+,22?/m1/s1. The normalized spacial score (nSPS) is 21.9. The van der Waals surface area contributed by atoms with Gasteiger partial charge in [-0.2, -0.15) is 4.68 Å². The molecule has 3 atom stereocenters. The monoisotopic (exact) mass is 409 g/mol. The Morgan fingerprint density at radius 2 is 1.97 bits per heavy atom. The van der Waals surface area contributed by atoms with Gasteiger partial charge in [0, 0.05) is 17.9 Å². The third kappa shape index (κ3) is 4.34. The number of hydrogen-bond donors (Lipinski definition) is 2. The number of para-hydroxylation sites is 2. The van der Waals surface area contributed by atoms with E-state index < -0.39 is 18.5 Å². The van der Waals surface area contributed by atoms with Gasteiger partial charge in [0.05, 0.1) is 18.2 Å². The molecule has 2 heterocycles. The summed E-state index contributed by atoms with van der Waals surface area (Å²) in [5.41, 5.74) is 2.22. The lowest BCUT2D eigenvalue weighted by molar-refractivity contribution is -0.280. The van der Waals surface area contributed by atoms with Crippen LogP contribution in [-0.2, 0) is 14.3 Å². The number of carbonyl (C=O) groups is 1. The van der Waals surface area contributed by atoms with Crippen LogP contribution in [0.25, 0.3) is 11.0 Å². The molecule has 1 aromatic heterocycles. The van der Waals surface area contributed by atoms with Crippen LogP contribution in [0.5, 0.6) is 5.75 Å². The highest BCUT2D eigenvalue weighted by Crippen LogP contribution is 2.41. The Kier molecular flexibility index (Phi) is 6.06. The second-order valence-electron chi connectivity index (χ2n) is 7.18. The molecule has 0 saturated carbocycles. The number of aromatic hydroxyl groups is 1. The minimum absolute atomic E-state index is 0.0505. The first-order chi connectivity index (χ1) is 14.6. The van der Waals surface area contributed by atoms with Crippen molar-refractivity contribution >= 4 is 17.0 Å². The topological polar surface area (TPSA) is 107 Å². The summed E-state index contributed by atoms with van der Waals surface area (Å²) in [6, 6.07) is 14.6. The highest BCUT2D eigenvalue weighted by Gasteiger charge is 2.35. The second-order valence-corrected chi connectivity index (χ2v) is 7.18. The molecule has 30 heavy (non-hydrogen) atoms. The fourth-order valence-corrected chi connectivity index (χ4v) is 3.58. The van der Waals surface area contributed by atoms with Crippen LogP contribution in [0, 0.1) is 5.92 Å². The van der Waals surface area contributed by atoms with Gasteiger partial charge in [-0.1, -0.05) is 47.7 Å². The predicted octanol–water partition coefficient (Wildman–Crippen LogP) is 3.81. The van der Waals surface area contributed by atoms with Crippen molar-refractivity contribution in [3.8, 4) is 5.75 Å². The quantitative estimate of drug-likeness (QED) is 0.572. The fourth-order valence-electron chi connectivity index (χ4n) is 3.58. The van der Waals surface area contributed by atoms with Crippen molar-refractivity contribution in [1.29, 1.82) is 0 Å². The average molecular weight is 409 g/mol. The van der Waals surface area contributed by atoms with E-state index in [2.05, 4.69) is 10.3 Å². The van der Waals surface area contributed by atoms with E-state index in [0.29, 0.717) is 25.0 Å². The van der Waals surface area contributed by atoms with Crippen LogP contribution in [0.4, 0.5) is 0 Å². The molecule has 8 heteroatoms. The molecule has 1 saturated heterocycles. The molecule has 2 N–H and O–H groups in total. The number of ether oxygens (including phenoxy) is 2. The van der Waals surface area contributed by atoms with Crippen molar-refractivity contribution < 1.29 is 24.5 Å². The van der Waals surface area contributed by atoms with E-state index in [9.17, 15) is 9.90 Å². The number of carboxylic acid groups (broad SMARTS) is 1.